The van der Waals surface area contributed by atoms with Crippen molar-refractivity contribution < 1.29 is 29.1 Å². The summed E-state index contributed by atoms with van der Waals surface area (Å²) in [4.78, 5) is 31.3. The van der Waals surface area contributed by atoms with Crippen molar-refractivity contribution in [3.05, 3.63) is 29.8 Å². The predicted octanol–water partition coefficient (Wildman–Crippen LogP) is 3.04. The molecule has 0 unspecified atom stereocenters. The maximum atomic E-state index is 11.7. The van der Waals surface area contributed by atoms with E-state index in [1.54, 1.807) is 12.1 Å². The van der Waals surface area contributed by atoms with Gasteiger partial charge in [-0.1, -0.05) is 50.8 Å². The van der Waals surface area contributed by atoms with Gasteiger partial charge in [0.2, 0.25) is 0 Å². The van der Waals surface area contributed by atoms with Crippen molar-refractivity contribution >= 4 is 25.4 Å². The third kappa shape index (κ3) is 6.27. The van der Waals surface area contributed by atoms with Crippen LogP contribution in [0.4, 0.5) is 4.79 Å². The topological polar surface area (TPSA) is 71.1 Å². The minimum Gasteiger partial charge on any atom is -0.432 e. The maximum Gasteiger partial charge on any atom is 0.543 e. The van der Waals surface area contributed by atoms with Gasteiger partial charge in [-0.15, -0.1) is 0 Å². The van der Waals surface area contributed by atoms with Crippen LogP contribution < -0.4 is 5.19 Å². The van der Waals surface area contributed by atoms with E-state index in [9.17, 15) is 9.59 Å². The van der Waals surface area contributed by atoms with E-state index in [0.717, 1.165) is 0 Å². The lowest BCUT2D eigenvalue weighted by atomic mass is 10.2. The molecule has 0 atom stereocenters. The summed E-state index contributed by atoms with van der Waals surface area (Å²) in [7, 11) is -1.42. The average Bonchev–Trinajstić information content (AvgIpc) is 2.44. The molecule has 0 N–H and O–H groups in total. The Morgan fingerprint density at radius 2 is 1.64 bits per heavy atom. The Hall–Kier alpha value is -1.86. The smallest absolute Gasteiger partial charge is 0.432 e. The first-order chi connectivity index (χ1) is 10.2. The largest absolute Gasteiger partial charge is 0.543 e. The molecule has 6 nitrogen and oxygen atoms in total. The summed E-state index contributed by atoms with van der Waals surface area (Å²) in [5.74, 6) is -0.584. The maximum absolute atomic E-state index is 11.7. The molecule has 122 valence electrons. The number of benzene rings is 1. The van der Waals surface area contributed by atoms with Gasteiger partial charge in [0.05, 0.1) is 25.3 Å². The molecule has 1 rings (SSSR count). The summed E-state index contributed by atoms with van der Waals surface area (Å²) in [5.41, 5.74) is 0.307. The third-order valence-electron chi connectivity index (χ3n) is 2.73. The number of carbonyl (C=O) groups is 2. The molecular weight excluding hydrogens is 304 g/mol. The molecule has 7 heteroatoms. The predicted molar refractivity (Wildman–Crippen MR) is 83.2 cm³/mol. The Morgan fingerprint density at radius 3 is 2.14 bits per heavy atom. The number of hydrogen-bond acceptors (Lipinski definition) is 6. The van der Waals surface area contributed by atoms with E-state index >= 15 is 0 Å². The lowest BCUT2D eigenvalue weighted by Gasteiger charge is -2.16. The standard InChI is InChI=1S/C15H22O6Si/c1-11(2)10-18-15(17)20-21-19-14(16)12-6-8-13(9-7-12)22(3,4)5/h6-9,11H,10H2,1-5H3. The molecule has 0 bridgehead atoms. The van der Waals surface area contributed by atoms with Crippen molar-refractivity contribution in [3.8, 4) is 0 Å². The molecule has 0 fully saturated rings. The number of carbonyl (C=O) groups excluding carboxylic acids is 2. The van der Waals surface area contributed by atoms with Crippen molar-refractivity contribution in [2.75, 3.05) is 6.61 Å². The normalized spacial score (nSPS) is 11.2. The minimum absolute atomic E-state index is 0.167. The minimum atomic E-state index is -1.42. The SMILES string of the molecule is CC(C)COC(=O)OOOC(=O)c1ccc([Si](C)(C)C)cc1. The van der Waals surface area contributed by atoms with Crippen LogP contribution in [0.3, 0.4) is 0 Å². The second kappa shape index (κ2) is 7.95. The van der Waals surface area contributed by atoms with Gasteiger partial charge < -0.3 is 4.74 Å². The van der Waals surface area contributed by atoms with Crippen molar-refractivity contribution in [1.29, 1.82) is 0 Å². The van der Waals surface area contributed by atoms with Crippen molar-refractivity contribution in [3.63, 3.8) is 0 Å². The van der Waals surface area contributed by atoms with Gasteiger partial charge in [-0.3, -0.25) is 4.89 Å². The zero-order valence-electron chi connectivity index (χ0n) is 13.5. The summed E-state index contributed by atoms with van der Waals surface area (Å²) < 4.78 is 4.67. The number of ether oxygens (including phenoxy) is 1. The second-order valence-electron chi connectivity index (χ2n) is 6.30. The molecule has 1 aromatic carbocycles. The highest BCUT2D eigenvalue weighted by atomic mass is 28.3. The molecule has 22 heavy (non-hydrogen) atoms. The molecule has 0 saturated heterocycles. The van der Waals surface area contributed by atoms with E-state index in [4.69, 9.17) is 0 Å². The van der Waals surface area contributed by atoms with Crippen LogP contribution in [0.1, 0.15) is 24.2 Å². The van der Waals surface area contributed by atoms with E-state index in [-0.39, 0.29) is 12.5 Å². The first-order valence-electron chi connectivity index (χ1n) is 7.03. The first-order valence-corrected chi connectivity index (χ1v) is 10.5. The highest BCUT2D eigenvalue weighted by Crippen LogP contribution is 2.06. The quantitative estimate of drug-likeness (QED) is 0.346. The molecule has 0 aliphatic rings. The first kappa shape index (κ1) is 18.2. The number of hydrogen-bond donors (Lipinski definition) is 0. The Morgan fingerprint density at radius 1 is 1.05 bits per heavy atom. The van der Waals surface area contributed by atoms with E-state index in [0.29, 0.717) is 5.56 Å². The fourth-order valence-corrected chi connectivity index (χ4v) is 2.66. The summed E-state index contributed by atoms with van der Waals surface area (Å²) in [6.45, 7) is 10.6. The highest BCUT2D eigenvalue weighted by Gasteiger charge is 2.17. The van der Waals surface area contributed by atoms with Crippen LogP contribution in [-0.2, 0) is 19.6 Å². The van der Waals surface area contributed by atoms with Crippen molar-refractivity contribution in [2.45, 2.75) is 33.5 Å². The van der Waals surface area contributed by atoms with Gasteiger partial charge in [0, 0.05) is 0 Å². The number of rotatable bonds is 6. The van der Waals surface area contributed by atoms with Crippen molar-refractivity contribution in [1.82, 2.24) is 0 Å². The second-order valence-corrected chi connectivity index (χ2v) is 11.4. The zero-order chi connectivity index (χ0) is 16.8. The van der Waals surface area contributed by atoms with E-state index in [1.165, 1.54) is 5.19 Å². The molecule has 0 saturated carbocycles. The summed E-state index contributed by atoms with van der Waals surface area (Å²) in [6.07, 6.45) is -1.06. The van der Waals surface area contributed by atoms with Crippen molar-refractivity contribution in [2.24, 2.45) is 5.92 Å². The molecule has 0 aliphatic carbocycles. The molecule has 0 aromatic heterocycles. The van der Waals surface area contributed by atoms with E-state index < -0.39 is 20.2 Å². The lowest BCUT2D eigenvalue weighted by molar-refractivity contribution is -0.452. The van der Waals surface area contributed by atoms with Gasteiger partial charge in [0.25, 0.3) is 0 Å². The fraction of sp³-hybridized carbons (Fsp3) is 0.467. The lowest BCUT2D eigenvalue weighted by Crippen LogP contribution is -2.37. The molecule has 0 radical (unpaired) electrons. The Balaban J connectivity index is 2.41. The highest BCUT2D eigenvalue weighted by molar-refractivity contribution is 6.88. The van der Waals surface area contributed by atoms with Gasteiger partial charge in [-0.2, -0.15) is 0 Å². The Kier molecular flexibility index (Phi) is 6.57. The molecule has 0 spiro atoms. The van der Waals surface area contributed by atoms with Gasteiger partial charge >= 0.3 is 12.1 Å². The molecule has 1 aromatic rings. The zero-order valence-corrected chi connectivity index (χ0v) is 14.5. The summed E-state index contributed by atoms with van der Waals surface area (Å²) in [5, 5.41) is 5.35. The van der Waals surface area contributed by atoms with Crippen LogP contribution in [0, 0.1) is 5.92 Å². The fourth-order valence-electron chi connectivity index (χ4n) is 1.49. The van der Waals surface area contributed by atoms with Crippen LogP contribution in [0.5, 0.6) is 0 Å². The molecule has 0 heterocycles. The van der Waals surface area contributed by atoms with E-state index in [1.807, 2.05) is 26.0 Å². The van der Waals surface area contributed by atoms with Gasteiger partial charge in [-0.25, -0.2) is 14.5 Å². The Bertz CT molecular complexity index is 504. The molecule has 0 aliphatic heterocycles. The van der Waals surface area contributed by atoms with Crippen LogP contribution in [0.2, 0.25) is 19.6 Å². The third-order valence-corrected chi connectivity index (χ3v) is 4.80. The summed E-state index contributed by atoms with van der Waals surface area (Å²) >= 11 is 0. The van der Waals surface area contributed by atoms with Gasteiger partial charge in [0.15, 0.2) is 0 Å². The molecular formula is C15H22O6Si. The van der Waals surface area contributed by atoms with Crippen LogP contribution in [0.25, 0.3) is 0 Å². The van der Waals surface area contributed by atoms with E-state index in [2.05, 4.69) is 39.2 Å². The monoisotopic (exact) mass is 326 g/mol. The molecule has 0 amide bonds. The van der Waals surface area contributed by atoms with Gasteiger partial charge in [-0.05, 0) is 18.1 Å². The Labute approximate surface area is 131 Å². The summed E-state index contributed by atoms with van der Waals surface area (Å²) in [6, 6.07) is 7.08. The van der Waals surface area contributed by atoms with Crippen LogP contribution >= 0.6 is 0 Å². The van der Waals surface area contributed by atoms with Gasteiger partial charge in [0.1, 0.15) is 0 Å². The average molecular weight is 326 g/mol. The van der Waals surface area contributed by atoms with Crippen LogP contribution in [-0.4, -0.2) is 26.8 Å². The van der Waals surface area contributed by atoms with Crippen LogP contribution in [0.15, 0.2) is 24.3 Å².